The SMILES string of the molecule is CCC(C1CCC1)N1CC(=O)NC1=O. The number of hydrogen-bond acceptors (Lipinski definition) is 2. The summed E-state index contributed by atoms with van der Waals surface area (Å²) in [5, 5.41) is 2.33. The molecule has 14 heavy (non-hydrogen) atoms. The second-order valence-corrected chi connectivity index (χ2v) is 4.15. The molecule has 2 fully saturated rings. The first-order valence-corrected chi connectivity index (χ1v) is 5.33. The lowest BCUT2D eigenvalue weighted by atomic mass is 9.78. The molecule has 1 saturated carbocycles. The lowest BCUT2D eigenvalue weighted by molar-refractivity contribution is -0.118. The second-order valence-electron chi connectivity index (χ2n) is 4.15. The van der Waals surface area contributed by atoms with Gasteiger partial charge in [0.1, 0.15) is 6.54 Å². The van der Waals surface area contributed by atoms with Crippen molar-refractivity contribution in [2.24, 2.45) is 5.92 Å². The maximum Gasteiger partial charge on any atom is 0.324 e. The molecule has 1 atom stereocenters. The number of rotatable bonds is 3. The minimum absolute atomic E-state index is 0.159. The van der Waals surface area contributed by atoms with Gasteiger partial charge in [0.15, 0.2) is 0 Å². The van der Waals surface area contributed by atoms with Gasteiger partial charge in [-0.25, -0.2) is 4.79 Å². The van der Waals surface area contributed by atoms with Gasteiger partial charge in [0.05, 0.1) is 0 Å². The fraction of sp³-hybridized carbons (Fsp3) is 0.800. The maximum atomic E-state index is 11.4. The highest BCUT2D eigenvalue weighted by molar-refractivity contribution is 6.02. The van der Waals surface area contributed by atoms with Crippen LogP contribution in [0.5, 0.6) is 0 Å². The summed E-state index contributed by atoms with van der Waals surface area (Å²) < 4.78 is 0. The van der Waals surface area contributed by atoms with Crippen LogP contribution in [0.25, 0.3) is 0 Å². The van der Waals surface area contributed by atoms with Crippen molar-refractivity contribution in [1.82, 2.24) is 10.2 Å². The van der Waals surface area contributed by atoms with E-state index < -0.39 is 0 Å². The van der Waals surface area contributed by atoms with Gasteiger partial charge in [0.25, 0.3) is 0 Å². The number of hydrogen-bond donors (Lipinski definition) is 1. The van der Waals surface area contributed by atoms with Gasteiger partial charge in [-0.3, -0.25) is 10.1 Å². The third-order valence-electron chi connectivity index (χ3n) is 3.33. The summed E-state index contributed by atoms with van der Waals surface area (Å²) in [7, 11) is 0. The normalized spacial score (nSPS) is 24.8. The number of amides is 3. The fourth-order valence-corrected chi connectivity index (χ4v) is 2.36. The first kappa shape index (κ1) is 9.49. The number of urea groups is 1. The van der Waals surface area contributed by atoms with Gasteiger partial charge in [-0.1, -0.05) is 13.3 Å². The summed E-state index contributed by atoms with van der Waals surface area (Å²) in [4.78, 5) is 24.2. The van der Waals surface area contributed by atoms with Gasteiger partial charge in [-0.05, 0) is 25.2 Å². The largest absolute Gasteiger partial charge is 0.324 e. The lowest BCUT2D eigenvalue weighted by Crippen LogP contribution is -2.44. The van der Waals surface area contributed by atoms with Crippen LogP contribution in [0.2, 0.25) is 0 Å². The van der Waals surface area contributed by atoms with Crippen molar-refractivity contribution >= 4 is 11.9 Å². The number of nitrogens with zero attached hydrogens (tertiary/aromatic N) is 1. The highest BCUT2D eigenvalue weighted by Crippen LogP contribution is 2.34. The van der Waals surface area contributed by atoms with Gasteiger partial charge >= 0.3 is 6.03 Å². The molecule has 1 heterocycles. The van der Waals surface area contributed by atoms with Gasteiger partial charge < -0.3 is 4.90 Å². The van der Waals surface area contributed by atoms with Gasteiger partial charge in [-0.2, -0.15) is 0 Å². The molecule has 1 unspecified atom stereocenters. The van der Waals surface area contributed by atoms with Crippen molar-refractivity contribution in [2.75, 3.05) is 6.54 Å². The lowest BCUT2D eigenvalue weighted by Gasteiger charge is -2.37. The molecule has 0 aromatic carbocycles. The maximum absolute atomic E-state index is 11.4. The Morgan fingerprint density at radius 1 is 1.50 bits per heavy atom. The van der Waals surface area contributed by atoms with Gasteiger partial charge in [-0.15, -0.1) is 0 Å². The minimum atomic E-state index is -0.200. The molecule has 0 aromatic heterocycles. The van der Waals surface area contributed by atoms with E-state index in [1.54, 1.807) is 4.90 Å². The highest BCUT2D eigenvalue weighted by Gasteiger charge is 2.37. The van der Waals surface area contributed by atoms with E-state index in [-0.39, 0.29) is 24.5 Å². The molecule has 4 heteroatoms. The third-order valence-corrected chi connectivity index (χ3v) is 3.33. The molecule has 1 aliphatic carbocycles. The minimum Gasteiger partial charge on any atom is -0.312 e. The summed E-state index contributed by atoms with van der Waals surface area (Å²) in [6.07, 6.45) is 4.63. The van der Waals surface area contributed by atoms with E-state index in [1.165, 1.54) is 19.3 Å². The number of nitrogens with one attached hydrogen (secondary N) is 1. The summed E-state index contributed by atoms with van der Waals surface area (Å²) in [6.45, 7) is 2.34. The Morgan fingerprint density at radius 2 is 2.21 bits per heavy atom. The Bertz CT molecular complexity index is 261. The Labute approximate surface area is 83.6 Å². The highest BCUT2D eigenvalue weighted by atomic mass is 16.2. The zero-order valence-electron chi connectivity index (χ0n) is 8.45. The second kappa shape index (κ2) is 3.59. The molecule has 4 nitrogen and oxygen atoms in total. The first-order chi connectivity index (χ1) is 6.72. The van der Waals surface area contributed by atoms with Crippen molar-refractivity contribution in [3.63, 3.8) is 0 Å². The zero-order chi connectivity index (χ0) is 10.1. The predicted molar refractivity (Wildman–Crippen MR) is 51.7 cm³/mol. The molecule has 0 radical (unpaired) electrons. The van der Waals surface area contributed by atoms with Crippen LogP contribution in [-0.2, 0) is 4.79 Å². The van der Waals surface area contributed by atoms with E-state index in [9.17, 15) is 9.59 Å². The summed E-state index contributed by atoms with van der Waals surface area (Å²) >= 11 is 0. The Kier molecular flexibility index (Phi) is 2.44. The van der Waals surface area contributed by atoms with E-state index in [0.29, 0.717) is 5.92 Å². The van der Waals surface area contributed by atoms with E-state index in [1.807, 2.05) is 0 Å². The average Bonchev–Trinajstić information content (AvgIpc) is 2.37. The smallest absolute Gasteiger partial charge is 0.312 e. The van der Waals surface area contributed by atoms with Crippen LogP contribution in [0, 0.1) is 5.92 Å². The molecule has 0 spiro atoms. The quantitative estimate of drug-likeness (QED) is 0.687. The van der Waals surface area contributed by atoms with Crippen LogP contribution in [0.4, 0.5) is 4.79 Å². The van der Waals surface area contributed by atoms with Crippen LogP contribution >= 0.6 is 0 Å². The molecular weight excluding hydrogens is 180 g/mol. The average molecular weight is 196 g/mol. The fourth-order valence-electron chi connectivity index (χ4n) is 2.36. The van der Waals surface area contributed by atoms with Crippen LogP contribution in [0.15, 0.2) is 0 Å². The molecule has 78 valence electrons. The summed E-state index contributed by atoms with van der Waals surface area (Å²) in [6, 6.07) is 0.0731. The number of carbonyl (C=O) groups is 2. The summed E-state index contributed by atoms with van der Waals surface area (Å²) in [5.74, 6) is 0.462. The van der Waals surface area contributed by atoms with Crippen LogP contribution in [0.1, 0.15) is 32.6 Å². The van der Waals surface area contributed by atoms with Crippen LogP contribution in [-0.4, -0.2) is 29.4 Å². The van der Waals surface area contributed by atoms with E-state index in [4.69, 9.17) is 0 Å². The molecule has 0 bridgehead atoms. The number of imide groups is 1. The first-order valence-electron chi connectivity index (χ1n) is 5.33. The Balaban J connectivity index is 2.03. The van der Waals surface area contributed by atoms with E-state index >= 15 is 0 Å². The molecule has 2 aliphatic rings. The monoisotopic (exact) mass is 196 g/mol. The van der Waals surface area contributed by atoms with Gasteiger partial charge in [0, 0.05) is 6.04 Å². The molecule has 0 aromatic rings. The van der Waals surface area contributed by atoms with Crippen molar-refractivity contribution < 1.29 is 9.59 Å². The van der Waals surface area contributed by atoms with Crippen molar-refractivity contribution in [3.05, 3.63) is 0 Å². The Hall–Kier alpha value is -1.06. The van der Waals surface area contributed by atoms with E-state index in [0.717, 1.165) is 6.42 Å². The standard InChI is InChI=1S/C10H16N2O2/c1-2-8(7-4-3-5-7)12-6-9(13)11-10(12)14/h7-8H,2-6H2,1H3,(H,11,13,14). The molecular formula is C10H16N2O2. The van der Waals surface area contributed by atoms with Crippen molar-refractivity contribution in [3.8, 4) is 0 Å². The molecule has 2 rings (SSSR count). The zero-order valence-corrected chi connectivity index (χ0v) is 8.45. The molecule has 1 N–H and O–H groups in total. The third kappa shape index (κ3) is 1.49. The molecule has 3 amide bonds. The van der Waals surface area contributed by atoms with Crippen LogP contribution in [0.3, 0.4) is 0 Å². The van der Waals surface area contributed by atoms with E-state index in [2.05, 4.69) is 12.2 Å². The predicted octanol–water partition coefficient (Wildman–Crippen LogP) is 1.12. The number of carbonyl (C=O) groups excluding carboxylic acids is 2. The van der Waals surface area contributed by atoms with Crippen molar-refractivity contribution in [1.29, 1.82) is 0 Å². The van der Waals surface area contributed by atoms with Crippen molar-refractivity contribution in [2.45, 2.75) is 38.6 Å². The van der Waals surface area contributed by atoms with Crippen LogP contribution < -0.4 is 5.32 Å². The Morgan fingerprint density at radius 3 is 2.57 bits per heavy atom. The van der Waals surface area contributed by atoms with Gasteiger partial charge in [0.2, 0.25) is 5.91 Å². The molecule has 1 saturated heterocycles. The topological polar surface area (TPSA) is 49.4 Å². The summed E-state index contributed by atoms with van der Waals surface area (Å²) in [5.41, 5.74) is 0. The molecule has 1 aliphatic heterocycles.